The Kier molecular flexibility index (Phi) is 3.91. The zero-order valence-electron chi connectivity index (χ0n) is 7.46. The summed E-state index contributed by atoms with van der Waals surface area (Å²) in [4.78, 5) is 1.57. The molecule has 0 atom stereocenters. The second-order valence-electron chi connectivity index (χ2n) is 3.81. The standard InChI is InChI=1S/C8H16N2O/c1-8(2,3)6-10(7-9)4-5-11/h11H,4-6H2,1-3H3. The maximum atomic E-state index is 8.59. The molecule has 11 heavy (non-hydrogen) atoms. The van der Waals surface area contributed by atoms with Gasteiger partial charge in [0, 0.05) is 6.54 Å². The summed E-state index contributed by atoms with van der Waals surface area (Å²) in [6.07, 6.45) is 2.03. The minimum absolute atomic E-state index is 0.0453. The van der Waals surface area contributed by atoms with E-state index in [4.69, 9.17) is 10.4 Å². The molecular weight excluding hydrogens is 140 g/mol. The fraction of sp³-hybridized carbons (Fsp3) is 0.875. The first-order valence-electron chi connectivity index (χ1n) is 3.75. The third-order valence-electron chi connectivity index (χ3n) is 1.18. The maximum absolute atomic E-state index is 8.59. The molecule has 1 N–H and O–H groups in total. The van der Waals surface area contributed by atoms with Gasteiger partial charge in [-0.05, 0) is 5.41 Å². The third kappa shape index (κ3) is 5.68. The van der Waals surface area contributed by atoms with Crippen LogP contribution >= 0.6 is 0 Å². The van der Waals surface area contributed by atoms with Crippen molar-refractivity contribution in [2.45, 2.75) is 20.8 Å². The minimum atomic E-state index is 0.0453. The van der Waals surface area contributed by atoms with E-state index in [0.717, 1.165) is 0 Å². The van der Waals surface area contributed by atoms with Crippen molar-refractivity contribution in [2.24, 2.45) is 5.41 Å². The molecule has 0 bridgehead atoms. The monoisotopic (exact) mass is 156 g/mol. The highest BCUT2D eigenvalue weighted by Gasteiger charge is 2.14. The van der Waals surface area contributed by atoms with Gasteiger partial charge in [-0.2, -0.15) is 5.26 Å². The molecule has 0 radical (unpaired) electrons. The van der Waals surface area contributed by atoms with Crippen molar-refractivity contribution in [3.63, 3.8) is 0 Å². The lowest BCUT2D eigenvalue weighted by atomic mass is 9.96. The van der Waals surface area contributed by atoms with Crippen LogP contribution in [0, 0.1) is 16.9 Å². The smallest absolute Gasteiger partial charge is 0.179 e. The second kappa shape index (κ2) is 4.20. The molecule has 0 aliphatic rings. The van der Waals surface area contributed by atoms with Crippen molar-refractivity contribution in [3.05, 3.63) is 0 Å². The fourth-order valence-electron chi connectivity index (χ4n) is 0.858. The summed E-state index contributed by atoms with van der Waals surface area (Å²) in [6, 6.07) is 0. The van der Waals surface area contributed by atoms with Crippen LogP contribution in [0.15, 0.2) is 0 Å². The second-order valence-corrected chi connectivity index (χ2v) is 3.81. The Morgan fingerprint density at radius 2 is 2.00 bits per heavy atom. The largest absolute Gasteiger partial charge is 0.395 e. The van der Waals surface area contributed by atoms with Crippen LogP contribution in [-0.4, -0.2) is 29.7 Å². The summed E-state index contributed by atoms with van der Waals surface area (Å²) in [5, 5.41) is 17.2. The van der Waals surface area contributed by atoms with Crippen molar-refractivity contribution < 1.29 is 5.11 Å². The van der Waals surface area contributed by atoms with Crippen LogP contribution < -0.4 is 0 Å². The Morgan fingerprint density at radius 3 is 2.27 bits per heavy atom. The van der Waals surface area contributed by atoms with Gasteiger partial charge >= 0.3 is 0 Å². The van der Waals surface area contributed by atoms with Gasteiger partial charge in [0.2, 0.25) is 0 Å². The molecule has 0 saturated heterocycles. The van der Waals surface area contributed by atoms with Crippen molar-refractivity contribution in [1.82, 2.24) is 4.90 Å². The molecule has 0 heterocycles. The van der Waals surface area contributed by atoms with E-state index in [2.05, 4.69) is 20.8 Å². The molecule has 0 rings (SSSR count). The van der Waals surface area contributed by atoms with Crippen molar-refractivity contribution in [1.29, 1.82) is 5.26 Å². The first kappa shape index (κ1) is 10.2. The summed E-state index contributed by atoms with van der Waals surface area (Å²) in [7, 11) is 0. The average molecular weight is 156 g/mol. The Bertz CT molecular complexity index is 143. The van der Waals surface area contributed by atoms with Crippen molar-refractivity contribution in [2.75, 3.05) is 19.7 Å². The zero-order chi connectivity index (χ0) is 8.91. The number of hydrogen-bond acceptors (Lipinski definition) is 3. The van der Waals surface area contributed by atoms with E-state index in [1.54, 1.807) is 4.90 Å². The topological polar surface area (TPSA) is 47.3 Å². The minimum Gasteiger partial charge on any atom is -0.395 e. The van der Waals surface area contributed by atoms with Crippen LogP contribution in [0.25, 0.3) is 0 Å². The lowest BCUT2D eigenvalue weighted by molar-refractivity contribution is 0.203. The Morgan fingerprint density at radius 1 is 1.45 bits per heavy atom. The van der Waals surface area contributed by atoms with Crippen LogP contribution in [-0.2, 0) is 0 Å². The maximum Gasteiger partial charge on any atom is 0.179 e. The first-order chi connectivity index (χ1) is 4.99. The summed E-state index contributed by atoms with van der Waals surface area (Å²) >= 11 is 0. The predicted molar refractivity (Wildman–Crippen MR) is 43.7 cm³/mol. The van der Waals surface area contributed by atoms with Gasteiger partial charge in [0.25, 0.3) is 0 Å². The average Bonchev–Trinajstić information content (AvgIpc) is 1.84. The fourth-order valence-corrected chi connectivity index (χ4v) is 0.858. The van der Waals surface area contributed by atoms with E-state index >= 15 is 0 Å². The lowest BCUT2D eigenvalue weighted by Gasteiger charge is -2.24. The van der Waals surface area contributed by atoms with Gasteiger partial charge in [-0.15, -0.1) is 0 Å². The molecule has 3 nitrogen and oxygen atoms in total. The van der Waals surface area contributed by atoms with Crippen LogP contribution in [0.5, 0.6) is 0 Å². The van der Waals surface area contributed by atoms with E-state index in [1.807, 2.05) is 6.19 Å². The highest BCUT2D eigenvalue weighted by Crippen LogP contribution is 2.13. The molecule has 0 unspecified atom stereocenters. The predicted octanol–water partition coefficient (Wildman–Crippen LogP) is 0.808. The van der Waals surface area contributed by atoms with Gasteiger partial charge < -0.3 is 10.0 Å². The van der Waals surface area contributed by atoms with Gasteiger partial charge in [-0.25, -0.2) is 0 Å². The molecular formula is C8H16N2O. The highest BCUT2D eigenvalue weighted by molar-refractivity contribution is 4.78. The molecule has 0 aromatic carbocycles. The van der Waals surface area contributed by atoms with Gasteiger partial charge in [0.05, 0.1) is 13.2 Å². The van der Waals surface area contributed by atoms with Crippen LogP contribution in [0.2, 0.25) is 0 Å². The molecule has 0 aromatic rings. The van der Waals surface area contributed by atoms with Crippen molar-refractivity contribution in [3.8, 4) is 6.19 Å². The number of nitrogens with zero attached hydrogens (tertiary/aromatic N) is 2. The Hall–Kier alpha value is -0.750. The quantitative estimate of drug-likeness (QED) is 0.486. The molecule has 3 heteroatoms. The molecule has 0 saturated carbocycles. The normalized spacial score (nSPS) is 10.8. The molecule has 0 aliphatic carbocycles. The molecule has 0 fully saturated rings. The van der Waals surface area contributed by atoms with Crippen LogP contribution in [0.3, 0.4) is 0 Å². The SMILES string of the molecule is CC(C)(C)CN(C#N)CCO. The number of hydrogen-bond donors (Lipinski definition) is 1. The zero-order valence-corrected chi connectivity index (χ0v) is 7.46. The van der Waals surface area contributed by atoms with Gasteiger partial charge in [0.15, 0.2) is 6.19 Å². The van der Waals surface area contributed by atoms with E-state index in [1.165, 1.54) is 0 Å². The van der Waals surface area contributed by atoms with E-state index < -0.39 is 0 Å². The lowest BCUT2D eigenvalue weighted by Crippen LogP contribution is -2.30. The number of aliphatic hydroxyl groups is 1. The third-order valence-corrected chi connectivity index (χ3v) is 1.18. The molecule has 0 aliphatic heterocycles. The number of rotatable bonds is 3. The molecule has 0 spiro atoms. The van der Waals surface area contributed by atoms with Crippen LogP contribution in [0.4, 0.5) is 0 Å². The number of aliphatic hydroxyl groups excluding tert-OH is 1. The van der Waals surface area contributed by atoms with E-state index in [-0.39, 0.29) is 12.0 Å². The van der Waals surface area contributed by atoms with Crippen molar-refractivity contribution >= 4 is 0 Å². The summed E-state index contributed by atoms with van der Waals surface area (Å²) in [6.45, 7) is 7.37. The van der Waals surface area contributed by atoms with E-state index in [9.17, 15) is 0 Å². The molecule has 0 aromatic heterocycles. The first-order valence-corrected chi connectivity index (χ1v) is 3.75. The van der Waals surface area contributed by atoms with Gasteiger partial charge in [-0.1, -0.05) is 20.8 Å². The summed E-state index contributed by atoms with van der Waals surface area (Å²) in [5.74, 6) is 0. The van der Waals surface area contributed by atoms with Gasteiger partial charge in [-0.3, -0.25) is 0 Å². The molecule has 64 valence electrons. The number of nitriles is 1. The Balaban J connectivity index is 3.81. The molecule has 0 amide bonds. The van der Waals surface area contributed by atoms with Crippen LogP contribution in [0.1, 0.15) is 20.8 Å². The van der Waals surface area contributed by atoms with E-state index in [0.29, 0.717) is 13.1 Å². The summed E-state index contributed by atoms with van der Waals surface area (Å²) in [5.41, 5.74) is 0.116. The Labute approximate surface area is 68.2 Å². The van der Waals surface area contributed by atoms with Gasteiger partial charge in [0.1, 0.15) is 0 Å². The summed E-state index contributed by atoms with van der Waals surface area (Å²) < 4.78 is 0. The highest BCUT2D eigenvalue weighted by atomic mass is 16.3.